The number of aromatic nitrogens is 2. The van der Waals surface area contributed by atoms with E-state index in [9.17, 15) is 14.7 Å². The van der Waals surface area contributed by atoms with E-state index in [1.54, 1.807) is 11.8 Å². The number of nitrogen functional groups attached to an aromatic ring is 1. The Morgan fingerprint density at radius 3 is 3.06 bits per heavy atom. The van der Waals surface area contributed by atoms with Crippen LogP contribution < -0.4 is 16.2 Å². The van der Waals surface area contributed by atoms with Crippen LogP contribution in [0.3, 0.4) is 0 Å². The van der Waals surface area contributed by atoms with Crippen LogP contribution in [0.2, 0.25) is 0 Å². The Labute approximate surface area is 104 Å². The molecule has 1 fully saturated rings. The smallest absolute Gasteiger partial charge is 0.311 e. The van der Waals surface area contributed by atoms with Crippen LogP contribution in [0.25, 0.3) is 0 Å². The van der Waals surface area contributed by atoms with Crippen LogP contribution in [-0.4, -0.2) is 34.1 Å². The topological polar surface area (TPSA) is 112 Å². The fourth-order valence-electron chi connectivity index (χ4n) is 2.25. The molecular weight excluding hydrogens is 236 g/mol. The van der Waals surface area contributed by atoms with E-state index in [0.717, 1.165) is 6.42 Å². The molecule has 0 spiro atoms. The molecule has 4 N–H and O–H groups in total. The zero-order valence-electron chi connectivity index (χ0n) is 10.1. The van der Waals surface area contributed by atoms with Gasteiger partial charge < -0.3 is 20.7 Å². The maximum absolute atomic E-state index is 11.4. The number of nitrogens with one attached hydrogen (secondary N) is 1. The highest BCUT2D eigenvalue weighted by molar-refractivity contribution is 5.76. The van der Waals surface area contributed by atoms with Gasteiger partial charge in [-0.15, -0.1) is 0 Å². The van der Waals surface area contributed by atoms with Crippen LogP contribution in [0.4, 0.5) is 11.5 Å². The van der Waals surface area contributed by atoms with E-state index in [4.69, 9.17) is 5.73 Å². The number of carboxylic acid groups (broad SMARTS) is 1. The summed E-state index contributed by atoms with van der Waals surface area (Å²) in [6, 6.07) is 0. The van der Waals surface area contributed by atoms with Gasteiger partial charge in [-0.2, -0.15) is 0 Å². The summed E-state index contributed by atoms with van der Waals surface area (Å²) in [5.41, 5.74) is 4.49. The number of nitrogens with zero attached hydrogens (tertiary/aromatic N) is 2. The van der Waals surface area contributed by atoms with Crippen molar-refractivity contribution in [2.24, 2.45) is 5.41 Å². The van der Waals surface area contributed by atoms with Gasteiger partial charge in [-0.3, -0.25) is 9.59 Å². The van der Waals surface area contributed by atoms with Gasteiger partial charge in [0.15, 0.2) is 5.82 Å². The average Bonchev–Trinajstić information content (AvgIpc) is 2.32. The van der Waals surface area contributed by atoms with Crippen molar-refractivity contribution in [1.29, 1.82) is 0 Å². The predicted molar refractivity (Wildman–Crippen MR) is 66.5 cm³/mol. The van der Waals surface area contributed by atoms with Crippen molar-refractivity contribution in [1.82, 2.24) is 9.97 Å². The number of H-pyrrole nitrogens is 1. The maximum atomic E-state index is 11.4. The molecule has 0 aliphatic carbocycles. The first kappa shape index (κ1) is 12.4. The van der Waals surface area contributed by atoms with E-state index in [2.05, 4.69) is 9.97 Å². The number of nitrogens with two attached hydrogens (primary N) is 1. The average molecular weight is 252 g/mol. The van der Waals surface area contributed by atoms with Crippen LogP contribution in [0, 0.1) is 5.41 Å². The van der Waals surface area contributed by atoms with E-state index < -0.39 is 16.9 Å². The SMILES string of the molecule is CC1(C(=O)O)CCCN(c2nc[nH]c(=O)c2N)C1. The number of carboxylic acids is 1. The van der Waals surface area contributed by atoms with E-state index in [0.29, 0.717) is 25.3 Å². The molecule has 7 heteroatoms. The quantitative estimate of drug-likeness (QED) is 0.685. The molecule has 1 aliphatic heterocycles. The van der Waals surface area contributed by atoms with Crippen LogP contribution >= 0.6 is 0 Å². The lowest BCUT2D eigenvalue weighted by atomic mass is 9.82. The highest BCUT2D eigenvalue weighted by atomic mass is 16.4. The summed E-state index contributed by atoms with van der Waals surface area (Å²) in [5.74, 6) is -0.471. The van der Waals surface area contributed by atoms with Gasteiger partial charge in [0.05, 0.1) is 11.7 Å². The zero-order chi connectivity index (χ0) is 13.3. The summed E-state index contributed by atoms with van der Waals surface area (Å²) >= 11 is 0. The molecule has 2 heterocycles. The summed E-state index contributed by atoms with van der Waals surface area (Å²) in [7, 11) is 0. The van der Waals surface area contributed by atoms with Crippen molar-refractivity contribution in [2.75, 3.05) is 23.7 Å². The number of carbonyl (C=O) groups is 1. The molecule has 1 aliphatic rings. The molecule has 1 atom stereocenters. The summed E-state index contributed by atoms with van der Waals surface area (Å²) < 4.78 is 0. The van der Waals surface area contributed by atoms with Gasteiger partial charge in [-0.05, 0) is 19.8 Å². The fraction of sp³-hybridized carbons (Fsp3) is 0.545. The molecule has 1 aromatic heterocycles. The molecule has 0 amide bonds. The van der Waals surface area contributed by atoms with Gasteiger partial charge in [0.25, 0.3) is 5.56 Å². The monoisotopic (exact) mass is 252 g/mol. The largest absolute Gasteiger partial charge is 0.481 e. The number of piperidine rings is 1. The second kappa shape index (κ2) is 4.32. The highest BCUT2D eigenvalue weighted by Crippen LogP contribution is 2.32. The highest BCUT2D eigenvalue weighted by Gasteiger charge is 2.38. The molecule has 0 saturated carbocycles. The normalized spacial score (nSPS) is 23.9. The fourth-order valence-corrected chi connectivity index (χ4v) is 2.25. The van der Waals surface area contributed by atoms with Gasteiger partial charge in [0.2, 0.25) is 0 Å². The Kier molecular flexibility index (Phi) is 2.98. The van der Waals surface area contributed by atoms with Gasteiger partial charge >= 0.3 is 5.97 Å². The van der Waals surface area contributed by atoms with Gasteiger partial charge in [-0.25, -0.2) is 4.98 Å². The Hall–Kier alpha value is -2.05. The third-order valence-electron chi connectivity index (χ3n) is 3.38. The summed E-state index contributed by atoms with van der Waals surface area (Å²) in [6.07, 6.45) is 2.62. The molecule has 7 nitrogen and oxygen atoms in total. The minimum Gasteiger partial charge on any atom is -0.481 e. The molecular formula is C11H16N4O3. The Balaban J connectivity index is 2.32. The van der Waals surface area contributed by atoms with Crippen molar-refractivity contribution >= 4 is 17.5 Å². The third-order valence-corrected chi connectivity index (χ3v) is 3.38. The molecule has 1 unspecified atom stereocenters. The number of anilines is 2. The Morgan fingerprint density at radius 2 is 2.39 bits per heavy atom. The standard InChI is InChI=1S/C11H16N4O3/c1-11(10(17)18)3-2-4-15(5-11)8-7(12)9(16)14-6-13-8/h6H,2-5,12H2,1H3,(H,17,18)(H,13,14,16). The van der Waals surface area contributed by atoms with Crippen molar-refractivity contribution in [3.8, 4) is 0 Å². The van der Waals surface area contributed by atoms with Gasteiger partial charge in [0, 0.05) is 13.1 Å². The lowest BCUT2D eigenvalue weighted by Crippen LogP contribution is -2.47. The van der Waals surface area contributed by atoms with E-state index in [-0.39, 0.29) is 5.69 Å². The number of aliphatic carboxylic acids is 1. The second-order valence-electron chi connectivity index (χ2n) is 4.86. The Morgan fingerprint density at radius 1 is 1.67 bits per heavy atom. The molecule has 18 heavy (non-hydrogen) atoms. The lowest BCUT2D eigenvalue weighted by Gasteiger charge is -2.38. The minimum absolute atomic E-state index is 0.0344. The van der Waals surface area contributed by atoms with Crippen LogP contribution in [-0.2, 0) is 4.79 Å². The van der Waals surface area contributed by atoms with E-state index in [1.807, 2.05) is 0 Å². The first-order valence-electron chi connectivity index (χ1n) is 5.75. The van der Waals surface area contributed by atoms with E-state index >= 15 is 0 Å². The zero-order valence-corrected chi connectivity index (χ0v) is 10.1. The Bertz CT molecular complexity index is 527. The maximum Gasteiger partial charge on any atom is 0.311 e. The first-order chi connectivity index (χ1) is 8.44. The summed E-state index contributed by atoms with van der Waals surface area (Å²) in [4.78, 5) is 30.9. The molecule has 2 rings (SSSR count). The van der Waals surface area contributed by atoms with Gasteiger partial charge in [0.1, 0.15) is 5.69 Å². The van der Waals surface area contributed by atoms with E-state index in [1.165, 1.54) is 6.33 Å². The molecule has 0 bridgehead atoms. The molecule has 98 valence electrons. The van der Waals surface area contributed by atoms with Gasteiger partial charge in [-0.1, -0.05) is 0 Å². The van der Waals surface area contributed by atoms with Crippen molar-refractivity contribution < 1.29 is 9.90 Å². The number of hydrogen-bond acceptors (Lipinski definition) is 5. The van der Waals surface area contributed by atoms with Crippen LogP contribution in [0.15, 0.2) is 11.1 Å². The molecule has 0 aromatic carbocycles. The molecule has 0 radical (unpaired) electrons. The summed E-state index contributed by atoms with van der Waals surface area (Å²) in [6.45, 7) is 2.66. The molecule has 1 aromatic rings. The predicted octanol–water partition coefficient (Wildman–Crippen LogP) is 0.0432. The number of rotatable bonds is 2. The van der Waals surface area contributed by atoms with Crippen molar-refractivity contribution in [3.63, 3.8) is 0 Å². The number of hydrogen-bond donors (Lipinski definition) is 3. The minimum atomic E-state index is -0.837. The van der Waals surface area contributed by atoms with Crippen molar-refractivity contribution in [3.05, 3.63) is 16.7 Å². The number of aromatic amines is 1. The first-order valence-corrected chi connectivity index (χ1v) is 5.75. The van der Waals surface area contributed by atoms with Crippen molar-refractivity contribution in [2.45, 2.75) is 19.8 Å². The second-order valence-corrected chi connectivity index (χ2v) is 4.86. The van der Waals surface area contributed by atoms with Crippen LogP contribution in [0.1, 0.15) is 19.8 Å². The third kappa shape index (κ3) is 2.03. The van der Waals surface area contributed by atoms with Crippen LogP contribution in [0.5, 0.6) is 0 Å². The lowest BCUT2D eigenvalue weighted by molar-refractivity contribution is -0.148. The summed E-state index contributed by atoms with van der Waals surface area (Å²) in [5, 5.41) is 9.24. The molecule has 1 saturated heterocycles.